The quantitative estimate of drug-likeness (QED) is 0.899. The third-order valence-electron chi connectivity index (χ3n) is 3.05. The van der Waals surface area contributed by atoms with Gasteiger partial charge in [-0.2, -0.15) is 18.3 Å². The van der Waals surface area contributed by atoms with Gasteiger partial charge in [0.05, 0.1) is 16.8 Å². The molecule has 3 rings (SSSR count). The van der Waals surface area contributed by atoms with E-state index in [1.165, 1.54) is 18.2 Å². The molecule has 1 aliphatic rings. The van der Waals surface area contributed by atoms with Crippen LogP contribution in [0.5, 0.6) is 11.5 Å². The summed E-state index contributed by atoms with van der Waals surface area (Å²) in [6, 6.07) is 4.06. The molecule has 0 bridgehead atoms. The Balaban J connectivity index is 1.79. The largest absolute Gasteiger partial charge is 0.486 e. The van der Waals surface area contributed by atoms with E-state index < -0.39 is 22.7 Å². The van der Waals surface area contributed by atoms with Gasteiger partial charge >= 0.3 is 6.18 Å². The molecular formula is C13H12F3N3O4S. The molecule has 1 N–H and O–H groups in total. The van der Waals surface area contributed by atoms with Crippen molar-refractivity contribution in [2.75, 3.05) is 17.9 Å². The van der Waals surface area contributed by atoms with Gasteiger partial charge in [-0.3, -0.25) is 9.40 Å². The van der Waals surface area contributed by atoms with Crippen molar-refractivity contribution in [3.63, 3.8) is 0 Å². The molecule has 11 heteroatoms. The van der Waals surface area contributed by atoms with Crippen LogP contribution in [0.2, 0.25) is 0 Å². The molecule has 0 aliphatic carbocycles. The van der Waals surface area contributed by atoms with E-state index in [0.717, 1.165) is 12.4 Å². The third kappa shape index (κ3) is 3.72. The maximum absolute atomic E-state index is 12.3. The minimum atomic E-state index is -4.45. The van der Waals surface area contributed by atoms with Crippen molar-refractivity contribution in [1.29, 1.82) is 0 Å². The summed E-state index contributed by atoms with van der Waals surface area (Å²) < 4.78 is 74.9. The highest BCUT2D eigenvalue weighted by Crippen LogP contribution is 2.32. The van der Waals surface area contributed by atoms with Gasteiger partial charge in [0, 0.05) is 12.3 Å². The first-order valence-electron chi connectivity index (χ1n) is 6.75. The van der Waals surface area contributed by atoms with E-state index in [9.17, 15) is 21.6 Å². The van der Waals surface area contributed by atoms with Crippen LogP contribution in [0, 0.1) is 0 Å². The van der Waals surface area contributed by atoms with Crippen molar-refractivity contribution in [2.24, 2.45) is 0 Å². The zero-order valence-electron chi connectivity index (χ0n) is 12.1. The van der Waals surface area contributed by atoms with E-state index in [0.29, 0.717) is 23.6 Å². The molecule has 0 spiro atoms. The van der Waals surface area contributed by atoms with Crippen molar-refractivity contribution in [3.05, 3.63) is 30.6 Å². The summed E-state index contributed by atoms with van der Waals surface area (Å²) in [5.41, 5.74) is -0.0749. The third-order valence-corrected chi connectivity index (χ3v) is 4.43. The van der Waals surface area contributed by atoms with Crippen LogP contribution in [0.1, 0.15) is 0 Å². The molecule has 24 heavy (non-hydrogen) atoms. The smallest absolute Gasteiger partial charge is 0.408 e. The molecule has 0 atom stereocenters. The number of hydrogen-bond acceptors (Lipinski definition) is 5. The summed E-state index contributed by atoms with van der Waals surface area (Å²) in [5.74, 6) is 0.718. The number of anilines is 1. The average molecular weight is 363 g/mol. The average Bonchev–Trinajstić information content (AvgIpc) is 2.91. The van der Waals surface area contributed by atoms with Crippen molar-refractivity contribution in [2.45, 2.75) is 17.6 Å². The zero-order chi connectivity index (χ0) is 17.4. The van der Waals surface area contributed by atoms with E-state index in [4.69, 9.17) is 9.47 Å². The van der Waals surface area contributed by atoms with Crippen LogP contribution in [0.3, 0.4) is 0 Å². The van der Waals surface area contributed by atoms with Gasteiger partial charge in [0.15, 0.2) is 11.5 Å². The van der Waals surface area contributed by atoms with Gasteiger partial charge in [-0.05, 0) is 12.1 Å². The van der Waals surface area contributed by atoms with Crippen LogP contribution in [0.25, 0.3) is 0 Å². The Labute approximate surface area is 135 Å². The lowest BCUT2D eigenvalue weighted by atomic mass is 10.3. The van der Waals surface area contributed by atoms with Crippen LogP contribution < -0.4 is 14.2 Å². The highest BCUT2D eigenvalue weighted by atomic mass is 32.2. The summed E-state index contributed by atoms with van der Waals surface area (Å²) in [6.45, 7) is -0.636. The van der Waals surface area contributed by atoms with Crippen LogP contribution in [0.4, 0.5) is 18.9 Å². The summed E-state index contributed by atoms with van der Waals surface area (Å²) in [4.78, 5) is -0.102. The fourth-order valence-corrected chi connectivity index (χ4v) is 3.13. The zero-order valence-corrected chi connectivity index (χ0v) is 12.9. The summed E-state index contributed by atoms with van der Waals surface area (Å²) in [5, 5.41) is 3.47. The standard InChI is InChI=1S/C13H12F3N3O4S/c14-13(15,16)8-19-7-9(6-17-19)18-24(20,21)10-1-2-11-12(5-10)23-4-3-22-11/h1-2,5-7,18H,3-4,8H2. The van der Waals surface area contributed by atoms with Gasteiger partial charge in [0.25, 0.3) is 10.0 Å². The van der Waals surface area contributed by atoms with Gasteiger partial charge < -0.3 is 9.47 Å². The number of rotatable bonds is 4. The van der Waals surface area contributed by atoms with E-state index in [1.807, 2.05) is 0 Å². The molecule has 2 aromatic rings. The lowest BCUT2D eigenvalue weighted by Gasteiger charge is -2.18. The molecule has 0 saturated carbocycles. The highest BCUT2D eigenvalue weighted by molar-refractivity contribution is 7.92. The predicted molar refractivity (Wildman–Crippen MR) is 76.5 cm³/mol. The Hall–Kier alpha value is -2.43. The SMILES string of the molecule is O=S(=O)(Nc1cnn(CC(F)(F)F)c1)c1ccc2c(c1)OCCO2. The second kappa shape index (κ2) is 5.89. The first kappa shape index (κ1) is 16.4. The minimum Gasteiger partial charge on any atom is -0.486 e. The Bertz CT molecular complexity index is 848. The fraction of sp³-hybridized carbons (Fsp3) is 0.308. The Morgan fingerprint density at radius 2 is 1.92 bits per heavy atom. The van der Waals surface area contributed by atoms with Crippen molar-refractivity contribution in [3.8, 4) is 11.5 Å². The summed E-state index contributed by atoms with van der Waals surface area (Å²) in [6.07, 6.45) is -2.48. The van der Waals surface area contributed by atoms with Crippen LogP contribution in [0.15, 0.2) is 35.5 Å². The molecular weight excluding hydrogens is 351 g/mol. The Morgan fingerprint density at radius 1 is 1.21 bits per heavy atom. The molecule has 0 fully saturated rings. The van der Waals surface area contributed by atoms with E-state index in [2.05, 4.69) is 9.82 Å². The summed E-state index contributed by atoms with van der Waals surface area (Å²) in [7, 11) is -4.00. The number of aromatic nitrogens is 2. The van der Waals surface area contributed by atoms with E-state index in [1.54, 1.807) is 0 Å². The molecule has 7 nitrogen and oxygen atoms in total. The van der Waals surface area contributed by atoms with Crippen molar-refractivity contribution >= 4 is 15.7 Å². The number of benzene rings is 1. The lowest BCUT2D eigenvalue weighted by molar-refractivity contribution is -0.142. The van der Waals surface area contributed by atoms with Gasteiger partial charge in [0.2, 0.25) is 0 Å². The molecule has 1 aromatic carbocycles. The molecule has 0 radical (unpaired) electrons. The van der Waals surface area contributed by atoms with Crippen LogP contribution in [-0.4, -0.2) is 37.6 Å². The number of halogens is 3. The number of ether oxygens (including phenoxy) is 2. The van der Waals surface area contributed by atoms with Crippen LogP contribution >= 0.6 is 0 Å². The van der Waals surface area contributed by atoms with Gasteiger partial charge in [0.1, 0.15) is 19.8 Å². The van der Waals surface area contributed by atoms with Crippen LogP contribution in [-0.2, 0) is 16.6 Å². The molecule has 0 unspecified atom stereocenters. The van der Waals surface area contributed by atoms with Gasteiger partial charge in [-0.1, -0.05) is 0 Å². The fourth-order valence-electron chi connectivity index (χ4n) is 2.09. The molecule has 1 aliphatic heterocycles. The second-order valence-corrected chi connectivity index (χ2v) is 6.64. The topological polar surface area (TPSA) is 82.5 Å². The summed E-state index contributed by atoms with van der Waals surface area (Å²) >= 11 is 0. The van der Waals surface area contributed by atoms with Gasteiger partial charge in [-0.15, -0.1) is 0 Å². The number of sulfonamides is 1. The van der Waals surface area contributed by atoms with Crippen molar-refractivity contribution in [1.82, 2.24) is 9.78 Å². The Morgan fingerprint density at radius 3 is 2.62 bits per heavy atom. The maximum atomic E-state index is 12.3. The molecule has 0 amide bonds. The van der Waals surface area contributed by atoms with Gasteiger partial charge in [-0.25, -0.2) is 8.42 Å². The first-order valence-corrected chi connectivity index (χ1v) is 8.23. The molecule has 1 aromatic heterocycles. The maximum Gasteiger partial charge on any atom is 0.408 e. The number of alkyl halides is 3. The molecule has 0 saturated heterocycles. The minimum absolute atomic E-state index is 0.0749. The number of fused-ring (bicyclic) bond motifs is 1. The monoisotopic (exact) mass is 363 g/mol. The van der Waals surface area contributed by atoms with Crippen molar-refractivity contribution < 1.29 is 31.1 Å². The van der Waals surface area contributed by atoms with E-state index in [-0.39, 0.29) is 16.3 Å². The molecule has 2 heterocycles. The second-order valence-electron chi connectivity index (χ2n) is 4.95. The lowest BCUT2D eigenvalue weighted by Crippen LogP contribution is -2.18. The number of hydrogen-bond donors (Lipinski definition) is 1. The first-order chi connectivity index (χ1) is 11.2. The predicted octanol–water partition coefficient (Wildman–Crippen LogP) is 2.02. The molecule has 130 valence electrons. The highest BCUT2D eigenvalue weighted by Gasteiger charge is 2.28. The normalized spacial score (nSPS) is 14.5. The number of nitrogens with zero attached hydrogens (tertiary/aromatic N) is 2. The number of nitrogens with one attached hydrogen (secondary N) is 1. The van der Waals surface area contributed by atoms with E-state index >= 15 is 0 Å². The Kier molecular flexibility index (Phi) is 4.03.